The highest BCUT2D eigenvalue weighted by Gasteiger charge is 2.39. The Balaban J connectivity index is 2.11. The molecule has 3 rings (SSSR count). The van der Waals surface area contributed by atoms with Crippen molar-refractivity contribution in [2.75, 3.05) is 13.7 Å². The van der Waals surface area contributed by atoms with E-state index in [1.54, 1.807) is 32.0 Å². The van der Waals surface area contributed by atoms with Crippen molar-refractivity contribution >= 4 is 24.0 Å². The molecule has 0 unspecified atom stereocenters. The standard InChI is InChI=1S/C45H66N6O7/c1-42(2,3)36(49-41(55)58-45(10,11)12)38(52)47-34(27-30-19-15-14-16-20-30)35(57-44(7,8)9)29-51(50-39(53)37(43(4,5)6)48-40(54)56-13)28-31-22-24-32(25-23-31)33-21-17-18-26-46-33/h14-26,34-37H,27-29H2,1-13H3,(H,47,52)(H,48,54)(H,49,55)(H,50,53)/t34-,35-,36+,37+/m0/s1. The van der Waals surface area contributed by atoms with Crippen LogP contribution in [0.3, 0.4) is 0 Å². The molecule has 1 heterocycles. The number of nitrogens with one attached hydrogen (secondary N) is 4. The van der Waals surface area contributed by atoms with Crippen LogP contribution in [0.1, 0.15) is 94.2 Å². The molecule has 58 heavy (non-hydrogen) atoms. The van der Waals surface area contributed by atoms with Gasteiger partial charge in [-0.25, -0.2) is 14.6 Å². The van der Waals surface area contributed by atoms with E-state index in [1.165, 1.54) is 7.11 Å². The third-order valence-electron chi connectivity index (χ3n) is 8.90. The normalized spacial score (nSPS) is 14.4. The predicted octanol–water partition coefficient (Wildman–Crippen LogP) is 7.20. The first-order valence-electron chi connectivity index (χ1n) is 19.8. The van der Waals surface area contributed by atoms with Crippen molar-refractivity contribution < 1.29 is 33.4 Å². The van der Waals surface area contributed by atoms with Gasteiger partial charge in [-0.15, -0.1) is 0 Å². The molecule has 0 aliphatic rings. The first-order chi connectivity index (χ1) is 26.8. The molecule has 0 saturated carbocycles. The van der Waals surface area contributed by atoms with Gasteiger partial charge in [0.2, 0.25) is 5.91 Å². The number of carbonyl (C=O) groups is 4. The lowest BCUT2D eigenvalue weighted by Gasteiger charge is -2.39. The van der Waals surface area contributed by atoms with Crippen LogP contribution >= 0.6 is 0 Å². The number of aromatic nitrogens is 1. The van der Waals surface area contributed by atoms with Crippen molar-refractivity contribution in [2.24, 2.45) is 10.8 Å². The van der Waals surface area contributed by atoms with Crippen LogP contribution < -0.4 is 21.4 Å². The molecule has 0 radical (unpaired) electrons. The average Bonchev–Trinajstić information content (AvgIpc) is 3.11. The number of pyridine rings is 1. The Hall–Kier alpha value is -5.01. The van der Waals surface area contributed by atoms with Gasteiger partial charge >= 0.3 is 12.2 Å². The minimum Gasteiger partial charge on any atom is -0.453 e. The third-order valence-corrected chi connectivity index (χ3v) is 8.90. The number of carbonyl (C=O) groups excluding carboxylic acids is 4. The number of methoxy groups -OCH3 is 1. The molecular formula is C45H66N6O7. The maximum absolute atomic E-state index is 14.4. The molecule has 4 atom stereocenters. The molecule has 1 aromatic heterocycles. The van der Waals surface area contributed by atoms with Gasteiger partial charge in [0.15, 0.2) is 0 Å². The minimum absolute atomic E-state index is 0.109. The summed E-state index contributed by atoms with van der Waals surface area (Å²) in [5.41, 5.74) is 3.80. The molecule has 0 aliphatic heterocycles. The van der Waals surface area contributed by atoms with Crippen LogP contribution in [0.5, 0.6) is 0 Å². The monoisotopic (exact) mass is 802 g/mol. The number of benzene rings is 2. The van der Waals surface area contributed by atoms with Crippen LogP contribution in [0.4, 0.5) is 9.59 Å². The third kappa shape index (κ3) is 16.1. The first kappa shape index (κ1) is 47.4. The number of amides is 4. The molecule has 4 N–H and O–H groups in total. The Morgan fingerprint density at radius 3 is 1.74 bits per heavy atom. The van der Waals surface area contributed by atoms with Crippen molar-refractivity contribution in [3.63, 3.8) is 0 Å². The molecule has 3 aromatic rings. The summed E-state index contributed by atoms with van der Waals surface area (Å²) < 4.78 is 17.2. The Bertz CT molecular complexity index is 1780. The summed E-state index contributed by atoms with van der Waals surface area (Å²) in [6.45, 7) is 22.6. The van der Waals surface area contributed by atoms with Crippen LogP contribution in [0.25, 0.3) is 11.3 Å². The number of nitrogens with zero attached hydrogens (tertiary/aromatic N) is 2. The maximum Gasteiger partial charge on any atom is 0.408 e. The van der Waals surface area contributed by atoms with Crippen LogP contribution in [0, 0.1) is 10.8 Å². The lowest BCUT2D eigenvalue weighted by molar-refractivity contribution is -0.137. The van der Waals surface area contributed by atoms with Gasteiger partial charge in [-0.3, -0.25) is 20.0 Å². The van der Waals surface area contributed by atoms with E-state index in [0.717, 1.165) is 22.4 Å². The number of rotatable bonds is 15. The number of hydrogen-bond donors (Lipinski definition) is 4. The average molecular weight is 803 g/mol. The molecule has 13 heteroatoms. The molecule has 318 valence electrons. The second-order valence-corrected chi connectivity index (χ2v) is 18.7. The van der Waals surface area contributed by atoms with E-state index in [4.69, 9.17) is 14.2 Å². The summed E-state index contributed by atoms with van der Waals surface area (Å²) in [6.07, 6.45) is -0.0558. The molecule has 0 saturated heterocycles. The van der Waals surface area contributed by atoms with Gasteiger partial charge in [0.1, 0.15) is 17.7 Å². The van der Waals surface area contributed by atoms with Crippen LogP contribution in [-0.4, -0.2) is 83.1 Å². The highest BCUT2D eigenvalue weighted by Crippen LogP contribution is 2.25. The number of ether oxygens (including phenoxy) is 3. The fraction of sp³-hybridized carbons (Fsp3) is 0.533. The lowest BCUT2D eigenvalue weighted by Crippen LogP contribution is -2.62. The van der Waals surface area contributed by atoms with Gasteiger partial charge in [-0.1, -0.05) is 102 Å². The zero-order chi connectivity index (χ0) is 43.5. The Kier molecular flexibility index (Phi) is 16.4. The summed E-state index contributed by atoms with van der Waals surface area (Å²) in [5, 5.41) is 10.5. The summed E-state index contributed by atoms with van der Waals surface area (Å²) in [7, 11) is 1.25. The largest absolute Gasteiger partial charge is 0.453 e. The summed E-state index contributed by atoms with van der Waals surface area (Å²) >= 11 is 0. The van der Waals surface area contributed by atoms with E-state index in [2.05, 4.69) is 26.4 Å². The molecule has 0 spiro atoms. The topological polar surface area (TPSA) is 160 Å². The highest BCUT2D eigenvalue weighted by atomic mass is 16.6. The van der Waals surface area contributed by atoms with Gasteiger partial charge < -0.3 is 30.2 Å². The van der Waals surface area contributed by atoms with E-state index < -0.39 is 70.3 Å². The Morgan fingerprint density at radius 2 is 1.22 bits per heavy atom. The van der Waals surface area contributed by atoms with Crippen molar-refractivity contribution in [2.45, 2.75) is 131 Å². The molecule has 4 amide bonds. The van der Waals surface area contributed by atoms with E-state index in [9.17, 15) is 19.2 Å². The second kappa shape index (κ2) is 20.1. The first-order valence-corrected chi connectivity index (χ1v) is 19.8. The van der Waals surface area contributed by atoms with Crippen molar-refractivity contribution in [1.82, 2.24) is 31.4 Å². The Morgan fingerprint density at radius 1 is 0.655 bits per heavy atom. The maximum atomic E-state index is 14.4. The molecular weight excluding hydrogens is 737 g/mol. The summed E-state index contributed by atoms with van der Waals surface area (Å²) in [6, 6.07) is 20.7. The van der Waals surface area contributed by atoms with E-state index in [-0.39, 0.29) is 13.1 Å². The molecule has 0 bridgehead atoms. The highest BCUT2D eigenvalue weighted by molar-refractivity contribution is 5.87. The minimum atomic E-state index is -0.971. The van der Waals surface area contributed by atoms with Gasteiger partial charge in [-0.05, 0) is 82.1 Å². The van der Waals surface area contributed by atoms with Crippen molar-refractivity contribution in [1.29, 1.82) is 0 Å². The van der Waals surface area contributed by atoms with Gasteiger partial charge in [0, 0.05) is 24.8 Å². The summed E-state index contributed by atoms with van der Waals surface area (Å²) in [4.78, 5) is 58.5. The fourth-order valence-electron chi connectivity index (χ4n) is 6.19. The fourth-order valence-corrected chi connectivity index (χ4v) is 6.19. The van der Waals surface area contributed by atoms with Crippen LogP contribution in [0.2, 0.25) is 0 Å². The second-order valence-electron chi connectivity index (χ2n) is 18.7. The zero-order valence-electron chi connectivity index (χ0n) is 36.7. The smallest absolute Gasteiger partial charge is 0.408 e. The van der Waals surface area contributed by atoms with Gasteiger partial charge in [0.05, 0.1) is 30.6 Å². The van der Waals surface area contributed by atoms with Crippen molar-refractivity contribution in [3.8, 4) is 11.3 Å². The molecule has 2 aromatic carbocycles. The summed E-state index contributed by atoms with van der Waals surface area (Å²) in [5.74, 6) is -0.881. The lowest BCUT2D eigenvalue weighted by atomic mass is 9.85. The number of hydrogen-bond acceptors (Lipinski definition) is 9. The SMILES string of the molecule is COC(=O)N[C@H](C(=O)NN(Cc1ccc(-c2ccccn2)cc1)C[C@H](OC(C)(C)C)[C@H](Cc1ccccc1)NC(=O)[C@@H](NC(=O)OC(C)(C)C)C(C)(C)C)C(C)(C)C. The quantitative estimate of drug-likeness (QED) is 0.117. The zero-order valence-corrected chi connectivity index (χ0v) is 36.7. The predicted molar refractivity (Wildman–Crippen MR) is 226 cm³/mol. The van der Waals surface area contributed by atoms with Gasteiger partial charge in [-0.2, -0.15) is 0 Å². The number of hydrazine groups is 1. The van der Waals surface area contributed by atoms with Crippen molar-refractivity contribution in [3.05, 3.63) is 90.1 Å². The molecule has 0 aliphatic carbocycles. The van der Waals surface area contributed by atoms with Crippen LogP contribution in [-0.2, 0) is 36.8 Å². The van der Waals surface area contributed by atoms with Crippen LogP contribution in [0.15, 0.2) is 79.0 Å². The Labute approximate surface area is 345 Å². The number of alkyl carbamates (subject to hydrolysis) is 2. The van der Waals surface area contributed by atoms with E-state index >= 15 is 0 Å². The van der Waals surface area contributed by atoms with Gasteiger partial charge in [0.25, 0.3) is 5.91 Å². The molecule has 0 fully saturated rings. The molecule has 13 nitrogen and oxygen atoms in total. The van der Waals surface area contributed by atoms with E-state index in [1.807, 2.05) is 135 Å². The van der Waals surface area contributed by atoms with E-state index in [0.29, 0.717) is 6.42 Å².